The van der Waals surface area contributed by atoms with Gasteiger partial charge >= 0.3 is 0 Å². The summed E-state index contributed by atoms with van der Waals surface area (Å²) in [5, 5.41) is 7.81. The number of fused-ring (bicyclic) bond motifs is 1. The van der Waals surface area contributed by atoms with Crippen molar-refractivity contribution in [3.8, 4) is 5.75 Å². The normalized spacial score (nSPS) is 16.5. The Kier molecular flexibility index (Phi) is 4.54. The van der Waals surface area contributed by atoms with Crippen LogP contribution in [-0.2, 0) is 6.54 Å². The lowest BCUT2D eigenvalue weighted by Crippen LogP contribution is -2.32. The Labute approximate surface area is 147 Å². The van der Waals surface area contributed by atoms with Gasteiger partial charge in [-0.2, -0.15) is 5.10 Å². The zero-order valence-electron chi connectivity index (χ0n) is 14.4. The monoisotopic (exact) mass is 347 g/mol. The molecule has 3 rings (SSSR count). The second-order valence-electron chi connectivity index (χ2n) is 6.23. The Morgan fingerprint density at radius 1 is 1.42 bits per heavy atom. The van der Waals surface area contributed by atoms with Crippen LogP contribution < -0.4 is 10.1 Å². The van der Waals surface area contributed by atoms with Crippen molar-refractivity contribution in [2.75, 3.05) is 6.61 Å². The molecule has 1 aliphatic rings. The largest absolute Gasteiger partial charge is 0.493 e. The Bertz CT molecular complexity index is 798. The molecule has 0 saturated carbocycles. The fourth-order valence-corrected chi connectivity index (χ4v) is 3.66. The van der Waals surface area contributed by atoms with Crippen molar-refractivity contribution in [3.63, 3.8) is 0 Å². The van der Waals surface area contributed by atoms with Crippen molar-refractivity contribution in [2.24, 2.45) is 0 Å². The Morgan fingerprint density at radius 2 is 2.17 bits per heavy atom. The standard InChI is InChI=1S/C18H22ClN3O2/c1-5-22-17(19)15(12(4)21-22)18(23)20-14-6-7-24-16-11(3)8-10(2)9-13(14)16/h8-9,14H,5-7H2,1-4H3,(H,20,23). The van der Waals surface area contributed by atoms with Crippen LogP contribution in [-0.4, -0.2) is 22.3 Å². The van der Waals surface area contributed by atoms with Crippen LogP contribution in [0.5, 0.6) is 5.75 Å². The Hall–Kier alpha value is -2.01. The quantitative estimate of drug-likeness (QED) is 0.920. The van der Waals surface area contributed by atoms with Crippen LogP contribution in [0.25, 0.3) is 0 Å². The van der Waals surface area contributed by atoms with Gasteiger partial charge in [0.1, 0.15) is 10.9 Å². The summed E-state index contributed by atoms with van der Waals surface area (Å²) in [6, 6.07) is 4.09. The van der Waals surface area contributed by atoms with Crippen molar-refractivity contribution in [2.45, 2.75) is 46.7 Å². The maximum absolute atomic E-state index is 12.8. The van der Waals surface area contributed by atoms with Gasteiger partial charge in [0, 0.05) is 18.5 Å². The van der Waals surface area contributed by atoms with Crippen molar-refractivity contribution >= 4 is 17.5 Å². The highest BCUT2D eigenvalue weighted by Crippen LogP contribution is 2.36. The van der Waals surface area contributed by atoms with E-state index in [0.29, 0.717) is 29.6 Å². The Morgan fingerprint density at radius 3 is 2.83 bits per heavy atom. The highest BCUT2D eigenvalue weighted by atomic mass is 35.5. The first-order valence-corrected chi connectivity index (χ1v) is 8.57. The molecule has 0 spiro atoms. The third-order valence-corrected chi connectivity index (χ3v) is 4.76. The SMILES string of the molecule is CCn1nc(C)c(C(=O)NC2CCOc3c(C)cc(C)cc32)c1Cl. The summed E-state index contributed by atoms with van der Waals surface area (Å²) in [5.41, 5.74) is 4.38. The lowest BCUT2D eigenvalue weighted by Gasteiger charge is -2.28. The van der Waals surface area contributed by atoms with Crippen molar-refractivity contribution < 1.29 is 9.53 Å². The van der Waals surface area contributed by atoms with Crippen molar-refractivity contribution in [3.05, 3.63) is 45.2 Å². The van der Waals surface area contributed by atoms with E-state index in [1.165, 1.54) is 0 Å². The minimum absolute atomic E-state index is 0.0831. The molecule has 0 bridgehead atoms. The fourth-order valence-electron chi connectivity index (χ4n) is 3.28. The summed E-state index contributed by atoms with van der Waals surface area (Å²) >= 11 is 6.31. The molecule has 128 valence electrons. The highest BCUT2D eigenvalue weighted by molar-refractivity contribution is 6.33. The van der Waals surface area contributed by atoms with Gasteiger partial charge in [0.15, 0.2) is 0 Å². The predicted molar refractivity (Wildman–Crippen MR) is 93.9 cm³/mol. The van der Waals surface area contributed by atoms with E-state index in [2.05, 4.69) is 22.5 Å². The predicted octanol–water partition coefficient (Wildman–Crippen LogP) is 3.74. The molecule has 1 aliphatic heterocycles. The molecule has 5 nitrogen and oxygen atoms in total. The molecule has 1 unspecified atom stereocenters. The van der Waals surface area contributed by atoms with E-state index in [-0.39, 0.29) is 11.9 Å². The number of hydrogen-bond donors (Lipinski definition) is 1. The first-order valence-electron chi connectivity index (χ1n) is 8.20. The average Bonchev–Trinajstić information content (AvgIpc) is 2.82. The lowest BCUT2D eigenvalue weighted by molar-refractivity contribution is 0.0924. The first kappa shape index (κ1) is 16.8. The summed E-state index contributed by atoms with van der Waals surface area (Å²) in [5.74, 6) is 0.693. The van der Waals surface area contributed by atoms with Gasteiger partial charge in [0.2, 0.25) is 0 Å². The first-order chi connectivity index (χ1) is 11.4. The molecule has 2 heterocycles. The molecular formula is C18H22ClN3O2. The minimum atomic E-state index is -0.186. The molecule has 24 heavy (non-hydrogen) atoms. The van der Waals surface area contributed by atoms with Crippen LogP contribution in [0.15, 0.2) is 12.1 Å². The van der Waals surface area contributed by atoms with E-state index in [1.807, 2.05) is 20.8 Å². The van der Waals surface area contributed by atoms with Crippen molar-refractivity contribution in [1.82, 2.24) is 15.1 Å². The van der Waals surface area contributed by atoms with Gasteiger partial charge in [0.25, 0.3) is 5.91 Å². The highest BCUT2D eigenvalue weighted by Gasteiger charge is 2.27. The smallest absolute Gasteiger partial charge is 0.256 e. The van der Waals surface area contributed by atoms with Crippen LogP contribution in [0, 0.1) is 20.8 Å². The summed E-state index contributed by atoms with van der Waals surface area (Å²) in [7, 11) is 0. The number of amides is 1. The van der Waals surface area contributed by atoms with Crippen LogP contribution in [0.3, 0.4) is 0 Å². The maximum atomic E-state index is 12.8. The van der Waals surface area contributed by atoms with Gasteiger partial charge in [-0.25, -0.2) is 0 Å². The molecule has 6 heteroatoms. The van der Waals surface area contributed by atoms with E-state index >= 15 is 0 Å². The molecule has 1 aromatic heterocycles. The molecule has 1 atom stereocenters. The fraction of sp³-hybridized carbons (Fsp3) is 0.444. The second-order valence-corrected chi connectivity index (χ2v) is 6.59. The van der Waals surface area contributed by atoms with E-state index in [9.17, 15) is 4.79 Å². The molecule has 1 amide bonds. The molecule has 0 aliphatic carbocycles. The number of benzene rings is 1. The van der Waals surface area contributed by atoms with Gasteiger partial charge < -0.3 is 10.1 Å². The Balaban J connectivity index is 1.91. The zero-order valence-corrected chi connectivity index (χ0v) is 15.2. The lowest BCUT2D eigenvalue weighted by atomic mass is 9.95. The number of ether oxygens (including phenoxy) is 1. The summed E-state index contributed by atoms with van der Waals surface area (Å²) < 4.78 is 7.44. The third-order valence-electron chi connectivity index (χ3n) is 4.37. The molecule has 0 saturated heterocycles. The number of carbonyl (C=O) groups is 1. The van der Waals surface area contributed by atoms with Gasteiger partial charge in [-0.3, -0.25) is 9.48 Å². The number of nitrogens with one attached hydrogen (secondary N) is 1. The number of hydrogen-bond acceptors (Lipinski definition) is 3. The summed E-state index contributed by atoms with van der Waals surface area (Å²) in [6.07, 6.45) is 0.736. The second kappa shape index (κ2) is 6.48. The number of halogens is 1. The van der Waals surface area contributed by atoms with Crippen LogP contribution in [0.2, 0.25) is 5.15 Å². The number of aryl methyl sites for hydroxylation is 4. The average molecular weight is 348 g/mol. The molecule has 1 aromatic carbocycles. The zero-order chi connectivity index (χ0) is 17.4. The minimum Gasteiger partial charge on any atom is -0.493 e. The van der Waals surface area contributed by atoms with Gasteiger partial charge in [-0.15, -0.1) is 0 Å². The van der Waals surface area contributed by atoms with Gasteiger partial charge in [0.05, 0.1) is 23.9 Å². The summed E-state index contributed by atoms with van der Waals surface area (Å²) in [6.45, 7) is 9.04. The number of rotatable bonds is 3. The number of carbonyl (C=O) groups excluding carboxylic acids is 1. The van der Waals surface area contributed by atoms with Crippen molar-refractivity contribution in [1.29, 1.82) is 0 Å². The van der Waals surface area contributed by atoms with E-state index < -0.39 is 0 Å². The summed E-state index contributed by atoms with van der Waals surface area (Å²) in [4.78, 5) is 12.8. The van der Waals surface area contributed by atoms with E-state index in [4.69, 9.17) is 16.3 Å². The van der Waals surface area contributed by atoms with Crippen LogP contribution in [0.4, 0.5) is 0 Å². The molecule has 2 aromatic rings. The third kappa shape index (κ3) is 2.88. The number of aromatic nitrogens is 2. The molecule has 0 fully saturated rings. The topological polar surface area (TPSA) is 56.2 Å². The maximum Gasteiger partial charge on any atom is 0.256 e. The molecular weight excluding hydrogens is 326 g/mol. The number of nitrogens with zero attached hydrogens (tertiary/aromatic N) is 2. The van der Waals surface area contributed by atoms with E-state index in [1.54, 1.807) is 11.6 Å². The molecule has 0 radical (unpaired) electrons. The van der Waals surface area contributed by atoms with E-state index in [0.717, 1.165) is 28.9 Å². The van der Waals surface area contributed by atoms with Crippen LogP contribution in [0.1, 0.15) is 52.1 Å². The van der Waals surface area contributed by atoms with Crippen LogP contribution >= 0.6 is 11.6 Å². The van der Waals surface area contributed by atoms with Gasteiger partial charge in [-0.05, 0) is 33.3 Å². The van der Waals surface area contributed by atoms with Gasteiger partial charge in [-0.1, -0.05) is 29.3 Å². The molecule has 1 N–H and O–H groups in total.